The number of pyridine rings is 1. The number of carbonyl (C=O) groups is 1. The molecule has 2 N–H and O–H groups in total. The van der Waals surface area contributed by atoms with Gasteiger partial charge >= 0.3 is 5.97 Å². The second kappa shape index (κ2) is 6.48. The van der Waals surface area contributed by atoms with Crippen molar-refractivity contribution in [3.63, 3.8) is 0 Å². The second-order valence-corrected chi connectivity index (χ2v) is 7.58. The number of nitrogens with zero attached hydrogens (tertiary/aromatic N) is 2. The lowest BCUT2D eigenvalue weighted by Gasteiger charge is -2.08. The highest BCUT2D eigenvalue weighted by Gasteiger charge is 2.12. The lowest BCUT2D eigenvalue weighted by Crippen LogP contribution is -2.12. The van der Waals surface area contributed by atoms with Crippen molar-refractivity contribution in [3.05, 3.63) is 39.9 Å². The predicted molar refractivity (Wildman–Crippen MR) is 102 cm³/mol. The predicted octanol–water partition coefficient (Wildman–Crippen LogP) is 4.58. The Kier molecular flexibility index (Phi) is 4.58. The van der Waals surface area contributed by atoms with Gasteiger partial charge in [-0.2, -0.15) is 0 Å². The van der Waals surface area contributed by atoms with Crippen LogP contribution in [0.4, 0.5) is 5.13 Å². The monoisotopic (exact) mass is 441 g/mol. The number of nitrogens with one attached hydrogen (secondary N) is 1. The van der Waals surface area contributed by atoms with Gasteiger partial charge in [0.05, 0.1) is 16.0 Å². The van der Waals surface area contributed by atoms with E-state index < -0.39 is 5.97 Å². The fourth-order valence-corrected chi connectivity index (χ4v) is 3.89. The normalized spacial score (nSPS) is 12.5. The maximum Gasteiger partial charge on any atom is 0.337 e. The smallest absolute Gasteiger partial charge is 0.337 e. The van der Waals surface area contributed by atoms with Gasteiger partial charge in [0, 0.05) is 33.8 Å². The van der Waals surface area contributed by atoms with Crippen LogP contribution in [0.25, 0.3) is 16.0 Å². The molecule has 3 heterocycles. The van der Waals surface area contributed by atoms with Crippen molar-refractivity contribution in [1.82, 2.24) is 9.38 Å². The maximum atomic E-state index is 11.1. The molecule has 1 unspecified atom stereocenters. The topological polar surface area (TPSA) is 66.6 Å². The highest BCUT2D eigenvalue weighted by molar-refractivity contribution is 14.1. The Morgan fingerprint density at radius 2 is 2.26 bits per heavy atom. The van der Waals surface area contributed by atoms with E-state index in [9.17, 15) is 4.79 Å². The van der Waals surface area contributed by atoms with E-state index in [4.69, 9.17) is 5.11 Å². The Balaban J connectivity index is 1.98. The molecule has 120 valence electrons. The van der Waals surface area contributed by atoms with Crippen LogP contribution in [0.1, 0.15) is 30.6 Å². The lowest BCUT2D eigenvalue weighted by molar-refractivity contribution is 0.0697. The molecule has 0 radical (unpaired) electrons. The zero-order valence-corrected chi connectivity index (χ0v) is 15.7. The number of hydrogen-bond acceptors (Lipinski definition) is 4. The summed E-state index contributed by atoms with van der Waals surface area (Å²) >= 11 is 3.84. The Morgan fingerprint density at radius 3 is 2.96 bits per heavy atom. The summed E-state index contributed by atoms with van der Waals surface area (Å²) in [5.74, 6) is -0.913. The molecule has 1 atom stereocenters. The van der Waals surface area contributed by atoms with Crippen molar-refractivity contribution < 1.29 is 9.90 Å². The van der Waals surface area contributed by atoms with E-state index in [1.54, 1.807) is 23.6 Å². The van der Waals surface area contributed by atoms with Gasteiger partial charge in [0.2, 0.25) is 0 Å². The molecule has 0 amide bonds. The first-order valence-corrected chi connectivity index (χ1v) is 9.14. The number of aromatic carboxylic acids is 1. The van der Waals surface area contributed by atoms with Crippen LogP contribution in [-0.2, 0) is 0 Å². The molecule has 0 spiro atoms. The zero-order chi connectivity index (χ0) is 16.6. The van der Waals surface area contributed by atoms with Crippen LogP contribution in [0.15, 0.2) is 30.7 Å². The molecule has 0 aliphatic carbocycles. The minimum absolute atomic E-state index is 0.295. The number of thiazole rings is 1. The van der Waals surface area contributed by atoms with Gasteiger partial charge in [0.15, 0.2) is 5.13 Å². The molecular weight excluding hydrogens is 425 g/mol. The average Bonchev–Trinajstić information content (AvgIpc) is 3.13. The van der Waals surface area contributed by atoms with Crippen molar-refractivity contribution in [2.45, 2.75) is 26.3 Å². The first kappa shape index (κ1) is 16.3. The molecule has 0 saturated carbocycles. The lowest BCUT2D eigenvalue weighted by atomic mass is 10.2. The van der Waals surface area contributed by atoms with Crippen molar-refractivity contribution in [1.29, 1.82) is 0 Å². The minimum atomic E-state index is -0.913. The minimum Gasteiger partial charge on any atom is -0.478 e. The Morgan fingerprint density at radius 1 is 1.48 bits per heavy atom. The molecule has 5 nitrogen and oxygen atoms in total. The van der Waals surface area contributed by atoms with E-state index in [2.05, 4.69) is 52.8 Å². The standard InChI is InChI=1S/C16H16IN3O2S/c1-3-9(2)19-16-18-6-14(23-16)10-4-12(17)13-5-11(15(21)22)8-20(13)7-10/h4-9H,3H2,1-2H3,(H,18,19)(H,21,22). The van der Waals surface area contributed by atoms with Crippen LogP contribution in [0.5, 0.6) is 0 Å². The molecule has 0 bridgehead atoms. The van der Waals surface area contributed by atoms with Gasteiger partial charge in [-0.15, -0.1) is 0 Å². The summed E-state index contributed by atoms with van der Waals surface area (Å²) in [6.07, 6.45) is 6.49. The number of fused-ring (bicyclic) bond motifs is 1. The second-order valence-electron chi connectivity index (χ2n) is 5.39. The fraction of sp³-hybridized carbons (Fsp3) is 0.250. The largest absolute Gasteiger partial charge is 0.478 e. The zero-order valence-electron chi connectivity index (χ0n) is 12.7. The van der Waals surface area contributed by atoms with Gasteiger partial charge in [-0.05, 0) is 48.1 Å². The number of carboxylic acids is 1. The molecule has 0 aliphatic rings. The summed E-state index contributed by atoms with van der Waals surface area (Å²) in [7, 11) is 0. The van der Waals surface area contributed by atoms with Crippen molar-refractivity contribution >= 4 is 50.5 Å². The molecule has 0 saturated heterocycles. The number of halogens is 1. The molecular formula is C16H16IN3O2S. The highest BCUT2D eigenvalue weighted by atomic mass is 127. The van der Waals surface area contributed by atoms with Crippen LogP contribution < -0.4 is 5.32 Å². The first-order valence-electron chi connectivity index (χ1n) is 7.25. The number of carboxylic acid groups (broad SMARTS) is 1. The van der Waals surface area contributed by atoms with Crippen molar-refractivity contribution in [2.75, 3.05) is 5.32 Å². The molecule has 3 aromatic heterocycles. The van der Waals surface area contributed by atoms with Crippen LogP contribution in [0.2, 0.25) is 0 Å². The van der Waals surface area contributed by atoms with E-state index in [1.165, 1.54) is 0 Å². The molecule has 7 heteroatoms. The number of hydrogen-bond donors (Lipinski definition) is 2. The van der Waals surface area contributed by atoms with E-state index in [0.29, 0.717) is 11.6 Å². The van der Waals surface area contributed by atoms with Gasteiger partial charge in [-0.25, -0.2) is 9.78 Å². The first-order chi connectivity index (χ1) is 11.0. The van der Waals surface area contributed by atoms with Gasteiger partial charge in [0.25, 0.3) is 0 Å². The Bertz CT molecular complexity index is 871. The van der Waals surface area contributed by atoms with Gasteiger partial charge in [-0.3, -0.25) is 0 Å². The number of aromatic nitrogens is 2. The molecule has 23 heavy (non-hydrogen) atoms. The molecule has 3 rings (SSSR count). The van der Waals surface area contributed by atoms with Gasteiger partial charge < -0.3 is 14.8 Å². The maximum absolute atomic E-state index is 11.1. The van der Waals surface area contributed by atoms with Crippen LogP contribution in [0, 0.1) is 3.57 Å². The number of anilines is 1. The molecule has 0 aliphatic heterocycles. The quantitative estimate of drug-likeness (QED) is 0.570. The van der Waals surface area contributed by atoms with E-state index in [1.807, 2.05) is 16.8 Å². The van der Waals surface area contributed by atoms with Crippen LogP contribution in [-0.4, -0.2) is 26.5 Å². The summed E-state index contributed by atoms with van der Waals surface area (Å²) < 4.78 is 2.87. The van der Waals surface area contributed by atoms with Gasteiger partial charge in [0.1, 0.15) is 0 Å². The van der Waals surface area contributed by atoms with E-state index in [-0.39, 0.29) is 0 Å². The Hall–Kier alpha value is -1.61. The average molecular weight is 441 g/mol. The van der Waals surface area contributed by atoms with E-state index >= 15 is 0 Å². The SMILES string of the molecule is CCC(C)Nc1ncc(-c2cc(I)c3cc(C(=O)O)cn3c2)s1. The molecule has 3 aromatic rings. The van der Waals surface area contributed by atoms with Crippen LogP contribution >= 0.6 is 33.9 Å². The fourth-order valence-electron chi connectivity index (χ4n) is 2.21. The van der Waals surface area contributed by atoms with Gasteiger partial charge in [-0.1, -0.05) is 18.3 Å². The summed E-state index contributed by atoms with van der Waals surface area (Å²) in [4.78, 5) is 16.6. The Labute approximate surface area is 151 Å². The summed E-state index contributed by atoms with van der Waals surface area (Å²) in [6.45, 7) is 4.26. The molecule has 0 fully saturated rings. The third-order valence-electron chi connectivity index (χ3n) is 3.67. The third-order valence-corrected chi connectivity index (χ3v) is 5.51. The van der Waals surface area contributed by atoms with Crippen molar-refractivity contribution in [3.8, 4) is 10.4 Å². The van der Waals surface area contributed by atoms with Crippen LogP contribution in [0.3, 0.4) is 0 Å². The van der Waals surface area contributed by atoms with E-state index in [0.717, 1.165) is 31.1 Å². The summed E-state index contributed by atoms with van der Waals surface area (Å²) in [5, 5.41) is 13.4. The summed E-state index contributed by atoms with van der Waals surface area (Å²) in [5.41, 5.74) is 2.22. The summed E-state index contributed by atoms with van der Waals surface area (Å²) in [6, 6.07) is 4.14. The number of rotatable bonds is 5. The third kappa shape index (κ3) is 3.35. The molecule has 0 aromatic carbocycles. The van der Waals surface area contributed by atoms with Crippen molar-refractivity contribution in [2.24, 2.45) is 0 Å². The highest BCUT2D eigenvalue weighted by Crippen LogP contribution is 2.32.